The van der Waals surface area contributed by atoms with E-state index in [2.05, 4.69) is 170 Å². The molecule has 0 heteroatoms. The fourth-order valence-corrected chi connectivity index (χ4v) is 7.97. The van der Waals surface area contributed by atoms with E-state index in [0.29, 0.717) is 0 Å². The van der Waals surface area contributed by atoms with Gasteiger partial charge in [0.05, 0.1) is 0 Å². The van der Waals surface area contributed by atoms with Crippen LogP contribution in [0.5, 0.6) is 0 Å². The molecule has 0 aliphatic rings. The van der Waals surface area contributed by atoms with Crippen molar-refractivity contribution < 1.29 is 0 Å². The molecule has 0 atom stereocenters. The van der Waals surface area contributed by atoms with Gasteiger partial charge < -0.3 is 0 Å². The average Bonchev–Trinajstić information content (AvgIpc) is 3.13. The van der Waals surface area contributed by atoms with E-state index < -0.39 is 0 Å². The predicted molar refractivity (Wildman–Crippen MR) is 200 cm³/mol. The highest BCUT2D eigenvalue weighted by Crippen LogP contribution is 2.47. The summed E-state index contributed by atoms with van der Waals surface area (Å²) in [6, 6.07) is 62.9. The largest absolute Gasteiger partial charge is 0.0616 e. The van der Waals surface area contributed by atoms with Crippen LogP contribution in [-0.4, -0.2) is 0 Å². The zero-order valence-electron chi connectivity index (χ0n) is 25.2. The molecule has 0 unspecified atom stereocenters. The Balaban J connectivity index is 1.34. The molecule has 0 amide bonds. The maximum atomic E-state index is 2.45. The Hall–Kier alpha value is -5.98. The zero-order chi connectivity index (χ0) is 30.2. The Bertz CT molecular complexity index is 2800. The van der Waals surface area contributed by atoms with Crippen LogP contribution >= 0.6 is 0 Å². The normalized spacial score (nSPS) is 11.9. The van der Waals surface area contributed by atoms with Crippen LogP contribution in [0.25, 0.3) is 97.7 Å². The second-order valence-electron chi connectivity index (χ2n) is 12.4. The minimum atomic E-state index is 1.25. The summed E-state index contributed by atoms with van der Waals surface area (Å²) in [5, 5.41) is 18.0. The van der Waals surface area contributed by atoms with Crippen molar-refractivity contribution >= 4 is 75.4 Å². The molecule has 10 rings (SSSR count). The van der Waals surface area contributed by atoms with Gasteiger partial charge in [0.2, 0.25) is 0 Å². The van der Waals surface area contributed by atoms with Crippen LogP contribution < -0.4 is 0 Å². The van der Waals surface area contributed by atoms with E-state index >= 15 is 0 Å². The predicted octanol–water partition coefficient (Wildman–Crippen LogP) is 13.1. The van der Waals surface area contributed by atoms with Crippen molar-refractivity contribution in [1.29, 1.82) is 0 Å². The van der Waals surface area contributed by atoms with E-state index in [1.165, 1.54) is 97.7 Å². The fourth-order valence-electron chi connectivity index (χ4n) is 7.97. The molecule has 212 valence electrons. The summed E-state index contributed by atoms with van der Waals surface area (Å²) in [6.45, 7) is 0. The highest BCUT2D eigenvalue weighted by Gasteiger charge is 2.19. The lowest BCUT2D eigenvalue weighted by Gasteiger charge is -2.20. The zero-order valence-corrected chi connectivity index (χ0v) is 25.2. The van der Waals surface area contributed by atoms with Crippen molar-refractivity contribution in [3.8, 4) is 22.3 Å². The third-order valence-corrected chi connectivity index (χ3v) is 10.0. The number of benzene rings is 10. The molecular formula is C46H28. The third kappa shape index (κ3) is 3.62. The Labute approximate surface area is 266 Å². The average molecular weight is 581 g/mol. The van der Waals surface area contributed by atoms with Gasteiger partial charge in [0.1, 0.15) is 0 Å². The molecule has 46 heavy (non-hydrogen) atoms. The second-order valence-corrected chi connectivity index (χ2v) is 12.4. The smallest absolute Gasteiger partial charge is 0.00199 e. The summed E-state index contributed by atoms with van der Waals surface area (Å²) in [4.78, 5) is 0. The minimum absolute atomic E-state index is 1.25. The summed E-state index contributed by atoms with van der Waals surface area (Å²) in [5.41, 5.74) is 5.12. The van der Waals surface area contributed by atoms with Gasteiger partial charge in [0.25, 0.3) is 0 Å². The maximum absolute atomic E-state index is 2.45. The molecule has 0 heterocycles. The van der Waals surface area contributed by atoms with E-state index in [1.54, 1.807) is 0 Å². The van der Waals surface area contributed by atoms with Gasteiger partial charge in [-0.2, -0.15) is 0 Å². The summed E-state index contributed by atoms with van der Waals surface area (Å²) >= 11 is 0. The van der Waals surface area contributed by atoms with Crippen LogP contribution in [0.2, 0.25) is 0 Å². The molecule has 0 bridgehead atoms. The molecule has 0 aliphatic heterocycles. The van der Waals surface area contributed by atoms with Crippen LogP contribution in [0.15, 0.2) is 170 Å². The van der Waals surface area contributed by atoms with Crippen molar-refractivity contribution in [3.05, 3.63) is 170 Å². The molecular weight excluding hydrogens is 553 g/mol. The quantitative estimate of drug-likeness (QED) is 0.141. The van der Waals surface area contributed by atoms with Crippen LogP contribution in [0.3, 0.4) is 0 Å². The number of rotatable bonds is 2. The number of fused-ring (bicyclic) bond motifs is 10. The lowest BCUT2D eigenvalue weighted by atomic mass is 9.83. The molecule has 0 fully saturated rings. The van der Waals surface area contributed by atoms with Crippen LogP contribution in [0.4, 0.5) is 0 Å². The highest BCUT2D eigenvalue weighted by molar-refractivity contribution is 6.28. The molecule has 0 radical (unpaired) electrons. The molecule has 0 aromatic heterocycles. The summed E-state index contributed by atoms with van der Waals surface area (Å²) in [6.07, 6.45) is 0. The Kier molecular flexibility index (Phi) is 5.38. The molecule has 0 saturated carbocycles. The molecule has 0 nitrogen and oxygen atoms in total. The second kappa shape index (κ2) is 9.76. The summed E-state index contributed by atoms with van der Waals surface area (Å²) < 4.78 is 0. The monoisotopic (exact) mass is 580 g/mol. The minimum Gasteiger partial charge on any atom is -0.0616 e. The fraction of sp³-hybridized carbons (Fsp3) is 0. The van der Waals surface area contributed by atoms with Gasteiger partial charge in [-0.25, -0.2) is 0 Å². The van der Waals surface area contributed by atoms with Gasteiger partial charge in [-0.1, -0.05) is 158 Å². The SMILES string of the molecule is c1ccc2c(c1)ccc1cc(-c3c4ccccc4c(-c4cc5c6ccccc6ccc5c5ccccc45)c4ccccc34)ccc12. The topological polar surface area (TPSA) is 0 Å². The lowest BCUT2D eigenvalue weighted by molar-refractivity contribution is 1.69. The van der Waals surface area contributed by atoms with E-state index in [9.17, 15) is 0 Å². The molecule has 0 N–H and O–H groups in total. The number of hydrogen-bond donors (Lipinski definition) is 0. The first-order chi connectivity index (χ1) is 22.8. The Morgan fingerprint density at radius 1 is 0.217 bits per heavy atom. The van der Waals surface area contributed by atoms with Gasteiger partial charge in [0, 0.05) is 0 Å². The summed E-state index contributed by atoms with van der Waals surface area (Å²) in [5.74, 6) is 0. The van der Waals surface area contributed by atoms with Crippen molar-refractivity contribution in [2.75, 3.05) is 0 Å². The highest BCUT2D eigenvalue weighted by atomic mass is 14.2. The third-order valence-electron chi connectivity index (χ3n) is 10.0. The van der Waals surface area contributed by atoms with Crippen molar-refractivity contribution in [3.63, 3.8) is 0 Å². The van der Waals surface area contributed by atoms with Crippen LogP contribution in [0.1, 0.15) is 0 Å². The Morgan fingerprint density at radius 3 is 1.28 bits per heavy atom. The van der Waals surface area contributed by atoms with E-state index in [1.807, 2.05) is 0 Å². The van der Waals surface area contributed by atoms with Gasteiger partial charge in [0.15, 0.2) is 0 Å². The first-order valence-electron chi connectivity index (χ1n) is 16.0. The van der Waals surface area contributed by atoms with E-state index in [-0.39, 0.29) is 0 Å². The van der Waals surface area contributed by atoms with Crippen molar-refractivity contribution in [2.45, 2.75) is 0 Å². The van der Waals surface area contributed by atoms with Gasteiger partial charge in [-0.05, 0) is 110 Å². The summed E-state index contributed by atoms with van der Waals surface area (Å²) in [7, 11) is 0. The van der Waals surface area contributed by atoms with Gasteiger partial charge in [-0.15, -0.1) is 0 Å². The maximum Gasteiger partial charge on any atom is -0.00199 e. The molecule has 0 spiro atoms. The van der Waals surface area contributed by atoms with Gasteiger partial charge in [-0.3, -0.25) is 0 Å². The van der Waals surface area contributed by atoms with Gasteiger partial charge >= 0.3 is 0 Å². The standard InChI is InChI=1S/C46H28/c1-3-13-33-29(11-1)21-22-31-27-32(24-25-35(31)33)45-39-17-7-9-19-41(39)46(42-20-10-8-18-40(42)45)44-28-43-34-14-4-2-12-30(34)23-26-38(43)36-15-5-6-16-37(36)44/h1-28H. The molecule has 10 aromatic rings. The van der Waals surface area contributed by atoms with Crippen molar-refractivity contribution in [1.82, 2.24) is 0 Å². The molecule has 0 aliphatic carbocycles. The molecule has 0 saturated heterocycles. The van der Waals surface area contributed by atoms with E-state index in [4.69, 9.17) is 0 Å². The van der Waals surface area contributed by atoms with Crippen LogP contribution in [0, 0.1) is 0 Å². The van der Waals surface area contributed by atoms with Crippen molar-refractivity contribution in [2.24, 2.45) is 0 Å². The molecule has 10 aromatic carbocycles. The number of hydrogen-bond acceptors (Lipinski definition) is 0. The first kappa shape index (κ1) is 25.4. The lowest BCUT2D eigenvalue weighted by Crippen LogP contribution is -1.92. The first-order valence-corrected chi connectivity index (χ1v) is 16.0. The van der Waals surface area contributed by atoms with Crippen LogP contribution in [-0.2, 0) is 0 Å². The Morgan fingerprint density at radius 2 is 0.630 bits per heavy atom. The van der Waals surface area contributed by atoms with E-state index in [0.717, 1.165) is 0 Å².